The van der Waals surface area contributed by atoms with E-state index in [0.717, 1.165) is 19.0 Å². The minimum atomic E-state index is -4.23. The summed E-state index contributed by atoms with van der Waals surface area (Å²) in [6.07, 6.45) is 5.18. The van der Waals surface area contributed by atoms with E-state index in [2.05, 4.69) is 20.0 Å². The second-order valence-corrected chi connectivity index (χ2v) is 9.63. The Bertz CT molecular complexity index is 1210. The molecule has 3 rings (SSSR count). The molecule has 1 fully saturated rings. The maximum absolute atomic E-state index is 13.5. The van der Waals surface area contributed by atoms with E-state index in [1.54, 1.807) is 12.3 Å². The first kappa shape index (κ1) is 26.2. The van der Waals surface area contributed by atoms with Gasteiger partial charge in [-0.3, -0.25) is 20.3 Å². The van der Waals surface area contributed by atoms with Crippen LogP contribution in [0.3, 0.4) is 0 Å². The number of aliphatic imine (C=N–C) groups is 1. The highest BCUT2D eigenvalue weighted by Crippen LogP contribution is 2.24. The number of pyridine rings is 1. The lowest BCUT2D eigenvalue weighted by Crippen LogP contribution is -2.51. The Labute approximate surface area is 202 Å². The third-order valence-corrected chi connectivity index (χ3v) is 6.60. The molecule has 1 aliphatic rings. The summed E-state index contributed by atoms with van der Waals surface area (Å²) in [5, 5.41) is 21.6. The number of carbonyl (C=O) groups excluding carboxylic acids is 1. The van der Waals surface area contributed by atoms with Crippen LogP contribution in [0.1, 0.15) is 32.1 Å². The van der Waals surface area contributed by atoms with E-state index in [4.69, 9.17) is 11.0 Å². The molecule has 1 aromatic heterocycles. The number of unbranched alkanes of at least 4 members (excludes halogenated alkanes) is 1. The fourth-order valence-electron chi connectivity index (χ4n) is 3.16. The number of hydrogen-bond acceptors (Lipinski definition) is 8. The number of nitrogens with one attached hydrogen (secondary N) is 2. The maximum Gasteiger partial charge on any atom is 0.271 e. The van der Waals surface area contributed by atoms with E-state index in [1.165, 1.54) is 30.3 Å². The maximum atomic E-state index is 13.5. The molecule has 13 heteroatoms. The molecule has 2 aromatic rings. The fourth-order valence-corrected chi connectivity index (χ4v) is 4.33. The number of nitrogens with zero attached hydrogens (tertiary/aromatic N) is 4. The molecule has 0 saturated heterocycles. The van der Waals surface area contributed by atoms with Gasteiger partial charge in [0.1, 0.15) is 16.8 Å². The molecule has 5 N–H and O–H groups in total. The fraction of sp³-hybridized carbons (Fsp3) is 0.364. The number of hydroxylamine groups is 2. The highest BCUT2D eigenvalue weighted by molar-refractivity contribution is 7.89. The number of amides is 1. The van der Waals surface area contributed by atoms with E-state index >= 15 is 0 Å². The Kier molecular flexibility index (Phi) is 8.83. The second-order valence-electron chi connectivity index (χ2n) is 7.92. The van der Waals surface area contributed by atoms with Crippen molar-refractivity contribution in [3.05, 3.63) is 48.4 Å². The molecule has 0 radical (unpaired) electrons. The number of nitrogens with two attached hydrogens (primary N) is 1. The topological polar surface area (TPSA) is 174 Å². The van der Waals surface area contributed by atoms with Gasteiger partial charge >= 0.3 is 0 Å². The first-order valence-corrected chi connectivity index (χ1v) is 12.4. The Morgan fingerprint density at radius 1 is 1.34 bits per heavy atom. The number of benzene rings is 1. The van der Waals surface area contributed by atoms with Gasteiger partial charge in [-0.2, -0.15) is 15.0 Å². The largest absolute Gasteiger partial charge is 0.330 e. The molecule has 1 aliphatic carbocycles. The summed E-state index contributed by atoms with van der Waals surface area (Å²) in [5.41, 5.74) is 6.35. The predicted octanol–water partition coefficient (Wildman–Crippen LogP) is 1.47. The van der Waals surface area contributed by atoms with Gasteiger partial charge in [0, 0.05) is 11.8 Å². The molecule has 1 aromatic carbocycles. The van der Waals surface area contributed by atoms with Gasteiger partial charge in [0.05, 0.1) is 11.7 Å². The minimum absolute atomic E-state index is 0.0460. The van der Waals surface area contributed by atoms with Crippen molar-refractivity contribution in [3.63, 3.8) is 0 Å². The molecule has 1 saturated carbocycles. The van der Waals surface area contributed by atoms with Crippen molar-refractivity contribution >= 4 is 21.9 Å². The number of aromatic nitrogens is 1. The van der Waals surface area contributed by atoms with Gasteiger partial charge in [0.25, 0.3) is 5.91 Å². The van der Waals surface area contributed by atoms with Gasteiger partial charge < -0.3 is 5.73 Å². The molecule has 0 bridgehead atoms. The first-order chi connectivity index (χ1) is 16.7. The molecule has 0 spiro atoms. The van der Waals surface area contributed by atoms with Crippen molar-refractivity contribution in [2.45, 2.75) is 49.1 Å². The van der Waals surface area contributed by atoms with Crippen molar-refractivity contribution in [1.82, 2.24) is 20.1 Å². The number of guanidine groups is 1. The highest BCUT2D eigenvalue weighted by atomic mass is 32.2. The molecule has 1 heterocycles. The average molecular weight is 504 g/mol. The predicted molar refractivity (Wildman–Crippen MR) is 124 cm³/mol. The van der Waals surface area contributed by atoms with E-state index in [-0.39, 0.29) is 28.4 Å². The van der Waals surface area contributed by atoms with Crippen molar-refractivity contribution < 1.29 is 22.8 Å². The number of halogens is 1. The number of carbonyl (C=O) groups is 1. The van der Waals surface area contributed by atoms with Crippen molar-refractivity contribution in [3.8, 4) is 17.5 Å². The number of nitriles is 1. The van der Waals surface area contributed by atoms with Crippen LogP contribution < -0.4 is 15.8 Å². The van der Waals surface area contributed by atoms with Crippen molar-refractivity contribution in [2.75, 3.05) is 6.54 Å². The molecule has 0 aliphatic heterocycles. The van der Waals surface area contributed by atoms with Crippen LogP contribution in [0.15, 0.2) is 52.5 Å². The molecule has 1 atom stereocenters. The lowest BCUT2D eigenvalue weighted by atomic mass is 10.1. The van der Waals surface area contributed by atoms with Gasteiger partial charge in [-0.1, -0.05) is 18.6 Å². The second kappa shape index (κ2) is 11.8. The lowest BCUT2D eigenvalue weighted by molar-refractivity contribution is -0.151. The van der Waals surface area contributed by atoms with E-state index in [0.29, 0.717) is 30.6 Å². The SMILES string of the molecule is N#CNC(=NC1CC1)N(O)C(=O)[C@@H](CCCCN)NS(=O)(=O)c1ccc(-c2cccc(F)c2)nc1. The molecule has 0 unspecified atom stereocenters. The smallest absolute Gasteiger partial charge is 0.271 e. The van der Waals surface area contributed by atoms with Crippen LogP contribution in [0.5, 0.6) is 0 Å². The first-order valence-electron chi connectivity index (χ1n) is 11.0. The van der Waals surface area contributed by atoms with Gasteiger partial charge in [0.2, 0.25) is 16.0 Å². The van der Waals surface area contributed by atoms with Crippen LogP contribution in [0, 0.1) is 17.3 Å². The Hall–Kier alpha value is -3.44. The number of sulfonamides is 1. The lowest BCUT2D eigenvalue weighted by Gasteiger charge is -2.23. The normalized spacial score (nSPS) is 14.7. The summed E-state index contributed by atoms with van der Waals surface area (Å²) in [5.74, 6) is -1.83. The summed E-state index contributed by atoms with van der Waals surface area (Å²) >= 11 is 0. The molecular formula is C22H26FN7O4S. The monoisotopic (exact) mass is 503 g/mol. The van der Waals surface area contributed by atoms with Crippen LogP contribution in [0.2, 0.25) is 0 Å². The highest BCUT2D eigenvalue weighted by Gasteiger charge is 2.32. The van der Waals surface area contributed by atoms with Crippen LogP contribution in [-0.4, -0.2) is 54.2 Å². The molecule has 11 nitrogen and oxygen atoms in total. The standard InChI is InChI=1S/C22H26FN7O4S/c23-16-5-3-4-15(12-16)19-10-9-18(13-26-19)35(33,34)29-20(6-1-2-11-24)21(31)30(32)22(27-14-25)28-17-7-8-17/h3-5,9-10,12-13,17,20,29,32H,1-2,6-8,11,24H2,(H,27,28)/t20-/m1/s1. The summed E-state index contributed by atoms with van der Waals surface area (Å²) in [4.78, 5) is 20.9. The zero-order chi connectivity index (χ0) is 25.4. The Morgan fingerprint density at radius 3 is 2.71 bits per heavy atom. The summed E-state index contributed by atoms with van der Waals surface area (Å²) in [6, 6.07) is 6.93. The van der Waals surface area contributed by atoms with Crippen molar-refractivity contribution in [2.24, 2.45) is 10.7 Å². The van der Waals surface area contributed by atoms with Crippen LogP contribution in [0.4, 0.5) is 4.39 Å². The average Bonchev–Trinajstić information content (AvgIpc) is 3.66. The van der Waals surface area contributed by atoms with Crippen LogP contribution >= 0.6 is 0 Å². The van der Waals surface area contributed by atoms with E-state index < -0.39 is 27.8 Å². The Morgan fingerprint density at radius 2 is 2.11 bits per heavy atom. The van der Waals surface area contributed by atoms with Crippen molar-refractivity contribution in [1.29, 1.82) is 5.26 Å². The van der Waals surface area contributed by atoms with Gasteiger partial charge in [-0.05, 0) is 56.5 Å². The Balaban J connectivity index is 1.80. The van der Waals surface area contributed by atoms with E-state index in [9.17, 15) is 22.8 Å². The molecule has 1 amide bonds. The molecule has 35 heavy (non-hydrogen) atoms. The molecular weight excluding hydrogens is 477 g/mol. The summed E-state index contributed by atoms with van der Waals surface area (Å²) in [6.45, 7) is 0.340. The third kappa shape index (κ3) is 7.27. The van der Waals surface area contributed by atoms with Gasteiger partial charge in [-0.25, -0.2) is 17.8 Å². The summed E-state index contributed by atoms with van der Waals surface area (Å²) < 4.78 is 41.8. The minimum Gasteiger partial charge on any atom is -0.330 e. The third-order valence-electron chi connectivity index (χ3n) is 5.14. The van der Waals surface area contributed by atoms with E-state index in [1.807, 2.05) is 0 Å². The summed E-state index contributed by atoms with van der Waals surface area (Å²) in [7, 11) is -4.23. The molecule has 186 valence electrons. The zero-order valence-electron chi connectivity index (χ0n) is 18.8. The van der Waals surface area contributed by atoms with Gasteiger partial charge in [0.15, 0.2) is 6.19 Å². The van der Waals surface area contributed by atoms with Gasteiger partial charge in [-0.15, -0.1) is 0 Å². The number of hydrogen-bond donors (Lipinski definition) is 4. The van der Waals surface area contributed by atoms with Crippen LogP contribution in [0.25, 0.3) is 11.3 Å². The van der Waals surface area contributed by atoms with Crippen LogP contribution in [-0.2, 0) is 14.8 Å². The number of rotatable bonds is 10. The quantitative estimate of drug-likeness (QED) is 0.0717. The zero-order valence-corrected chi connectivity index (χ0v) is 19.6.